The van der Waals surface area contributed by atoms with E-state index in [1.807, 2.05) is 13.8 Å². The highest BCUT2D eigenvalue weighted by Crippen LogP contribution is 2.20. The monoisotopic (exact) mass is 229 g/mol. The zero-order valence-corrected chi connectivity index (χ0v) is 10.5. The molecule has 1 rings (SSSR count). The molecule has 0 aromatic heterocycles. The molecule has 0 aromatic carbocycles. The highest BCUT2D eigenvalue weighted by atomic mass is 16.6. The molecule has 0 aromatic rings. The largest absolute Gasteiger partial charge is 0.449 e. The molecular formula is C12H23NO3. The van der Waals surface area contributed by atoms with Crippen molar-refractivity contribution in [2.45, 2.75) is 52.2 Å². The third-order valence-electron chi connectivity index (χ3n) is 2.88. The van der Waals surface area contributed by atoms with Crippen LogP contribution in [0.5, 0.6) is 0 Å². The van der Waals surface area contributed by atoms with Crippen LogP contribution in [-0.2, 0) is 4.74 Å². The number of rotatable bonds is 3. The molecule has 1 aliphatic heterocycles. The van der Waals surface area contributed by atoms with Crippen LogP contribution in [0.4, 0.5) is 4.79 Å². The van der Waals surface area contributed by atoms with Gasteiger partial charge < -0.3 is 14.7 Å². The van der Waals surface area contributed by atoms with Crippen LogP contribution in [0.2, 0.25) is 0 Å². The third-order valence-corrected chi connectivity index (χ3v) is 2.88. The van der Waals surface area contributed by atoms with Gasteiger partial charge in [-0.25, -0.2) is 4.79 Å². The zero-order valence-electron chi connectivity index (χ0n) is 10.5. The van der Waals surface area contributed by atoms with E-state index in [1.54, 1.807) is 11.8 Å². The van der Waals surface area contributed by atoms with E-state index >= 15 is 0 Å². The smallest absolute Gasteiger partial charge is 0.410 e. The van der Waals surface area contributed by atoms with Crippen molar-refractivity contribution >= 4 is 6.09 Å². The number of aliphatic hydroxyl groups excluding tert-OH is 1. The Bertz CT molecular complexity index is 228. The van der Waals surface area contributed by atoms with Gasteiger partial charge >= 0.3 is 6.09 Å². The number of piperidine rings is 1. The summed E-state index contributed by atoms with van der Waals surface area (Å²) in [4.78, 5) is 13.5. The number of hydrogen-bond acceptors (Lipinski definition) is 3. The molecule has 0 radical (unpaired) electrons. The lowest BCUT2D eigenvalue weighted by molar-refractivity contribution is 0.0205. The number of ether oxygens (including phenoxy) is 1. The van der Waals surface area contributed by atoms with E-state index in [0.29, 0.717) is 19.1 Å². The maximum atomic E-state index is 11.8. The summed E-state index contributed by atoms with van der Waals surface area (Å²) in [6, 6.07) is -0.0755. The van der Waals surface area contributed by atoms with Crippen LogP contribution in [-0.4, -0.2) is 41.4 Å². The molecule has 16 heavy (non-hydrogen) atoms. The topological polar surface area (TPSA) is 49.8 Å². The highest BCUT2D eigenvalue weighted by molar-refractivity contribution is 5.68. The van der Waals surface area contributed by atoms with Gasteiger partial charge in [0.25, 0.3) is 0 Å². The van der Waals surface area contributed by atoms with Gasteiger partial charge in [0, 0.05) is 6.54 Å². The van der Waals surface area contributed by atoms with Gasteiger partial charge in [0.15, 0.2) is 0 Å². The first-order valence-corrected chi connectivity index (χ1v) is 6.14. The van der Waals surface area contributed by atoms with Crippen molar-refractivity contribution in [1.82, 2.24) is 4.90 Å². The van der Waals surface area contributed by atoms with Crippen LogP contribution >= 0.6 is 0 Å². The number of likely N-dealkylation sites (tertiary alicyclic amines) is 1. The van der Waals surface area contributed by atoms with Crippen LogP contribution in [0.25, 0.3) is 0 Å². The molecule has 94 valence electrons. The Balaban J connectivity index is 2.50. The second kappa shape index (κ2) is 6.09. The lowest BCUT2D eigenvalue weighted by Gasteiger charge is -2.36. The Kier molecular flexibility index (Phi) is 5.06. The molecule has 4 nitrogen and oxygen atoms in total. The van der Waals surface area contributed by atoms with Gasteiger partial charge in [-0.05, 0) is 32.1 Å². The zero-order chi connectivity index (χ0) is 12.1. The Morgan fingerprint density at radius 3 is 2.69 bits per heavy atom. The first-order chi connectivity index (χ1) is 7.52. The molecule has 2 atom stereocenters. The Morgan fingerprint density at radius 1 is 1.44 bits per heavy atom. The number of hydrogen-bond donors (Lipinski definition) is 1. The number of carbonyl (C=O) groups excluding carboxylic acids is 1. The molecule has 4 heteroatoms. The maximum Gasteiger partial charge on any atom is 0.410 e. The molecule has 0 saturated carbocycles. The summed E-state index contributed by atoms with van der Waals surface area (Å²) in [5.74, 6) is 0.346. The maximum absolute atomic E-state index is 11.8. The quantitative estimate of drug-likeness (QED) is 0.805. The summed E-state index contributed by atoms with van der Waals surface area (Å²) < 4.78 is 5.20. The van der Waals surface area contributed by atoms with E-state index in [2.05, 4.69) is 0 Å². The fourth-order valence-electron chi connectivity index (χ4n) is 2.01. The minimum Gasteiger partial charge on any atom is -0.449 e. The first-order valence-electron chi connectivity index (χ1n) is 6.14. The normalized spacial score (nSPS) is 23.3. The van der Waals surface area contributed by atoms with E-state index in [-0.39, 0.29) is 12.1 Å². The van der Waals surface area contributed by atoms with E-state index < -0.39 is 6.10 Å². The average Bonchev–Trinajstić information content (AvgIpc) is 2.25. The van der Waals surface area contributed by atoms with E-state index in [4.69, 9.17) is 4.74 Å². The number of carbonyl (C=O) groups is 1. The fraction of sp³-hybridized carbons (Fsp3) is 0.917. The van der Waals surface area contributed by atoms with Crippen LogP contribution in [0.1, 0.15) is 40.0 Å². The third kappa shape index (κ3) is 3.67. The second-order valence-corrected chi connectivity index (χ2v) is 4.97. The van der Waals surface area contributed by atoms with Gasteiger partial charge in [-0.2, -0.15) is 0 Å². The molecule has 1 aliphatic rings. The van der Waals surface area contributed by atoms with Gasteiger partial charge in [0.2, 0.25) is 0 Å². The molecule has 1 amide bonds. The van der Waals surface area contributed by atoms with Gasteiger partial charge in [-0.3, -0.25) is 0 Å². The fourth-order valence-corrected chi connectivity index (χ4v) is 2.01. The van der Waals surface area contributed by atoms with Crippen molar-refractivity contribution in [2.75, 3.05) is 13.2 Å². The molecule has 1 saturated heterocycles. The van der Waals surface area contributed by atoms with E-state index in [9.17, 15) is 9.90 Å². The summed E-state index contributed by atoms with van der Waals surface area (Å²) in [5.41, 5.74) is 0. The Labute approximate surface area is 97.6 Å². The van der Waals surface area contributed by atoms with E-state index in [1.165, 1.54) is 0 Å². The number of aliphatic hydroxyl groups is 1. The molecule has 1 heterocycles. The minimum atomic E-state index is -0.480. The predicted molar refractivity (Wildman–Crippen MR) is 62.2 cm³/mol. The minimum absolute atomic E-state index is 0.0755. The molecule has 1 fully saturated rings. The van der Waals surface area contributed by atoms with Crippen molar-refractivity contribution in [3.05, 3.63) is 0 Å². The van der Waals surface area contributed by atoms with Crippen molar-refractivity contribution in [1.29, 1.82) is 0 Å². The molecule has 0 spiro atoms. The van der Waals surface area contributed by atoms with Crippen LogP contribution in [0.3, 0.4) is 0 Å². The Hall–Kier alpha value is -0.770. The van der Waals surface area contributed by atoms with Crippen LogP contribution in [0, 0.1) is 5.92 Å². The lowest BCUT2D eigenvalue weighted by Crippen LogP contribution is -2.49. The van der Waals surface area contributed by atoms with Gasteiger partial charge in [-0.15, -0.1) is 0 Å². The summed E-state index contributed by atoms with van der Waals surface area (Å²) in [5, 5.41) is 9.62. The van der Waals surface area contributed by atoms with Crippen LogP contribution < -0.4 is 0 Å². The molecular weight excluding hydrogens is 206 g/mol. The standard InChI is InChI=1S/C12H23NO3/c1-9(2)8-16-12(15)13-7-5-4-6-11(13)10(3)14/h9-11,14H,4-8H2,1-3H3. The van der Waals surface area contributed by atoms with E-state index in [0.717, 1.165) is 19.3 Å². The van der Waals surface area contributed by atoms with Gasteiger partial charge in [-0.1, -0.05) is 13.8 Å². The molecule has 0 aliphatic carbocycles. The Morgan fingerprint density at radius 2 is 2.12 bits per heavy atom. The summed E-state index contributed by atoms with van der Waals surface area (Å²) in [6.07, 6.45) is 2.18. The highest BCUT2D eigenvalue weighted by Gasteiger charge is 2.30. The number of nitrogens with zero attached hydrogens (tertiary/aromatic N) is 1. The average molecular weight is 229 g/mol. The van der Waals surface area contributed by atoms with Crippen molar-refractivity contribution in [3.8, 4) is 0 Å². The predicted octanol–water partition coefficient (Wildman–Crippen LogP) is 2.01. The second-order valence-electron chi connectivity index (χ2n) is 4.97. The first kappa shape index (κ1) is 13.3. The lowest BCUT2D eigenvalue weighted by atomic mass is 9.99. The van der Waals surface area contributed by atoms with Crippen LogP contribution in [0.15, 0.2) is 0 Å². The number of amides is 1. The molecule has 0 bridgehead atoms. The SMILES string of the molecule is CC(C)COC(=O)N1CCCCC1C(C)O. The summed E-state index contributed by atoms with van der Waals surface area (Å²) in [7, 11) is 0. The molecule has 2 unspecified atom stereocenters. The van der Waals surface area contributed by atoms with Crippen molar-refractivity contribution in [2.24, 2.45) is 5.92 Å². The van der Waals surface area contributed by atoms with Crippen molar-refractivity contribution < 1.29 is 14.6 Å². The molecule has 1 N–H and O–H groups in total. The summed E-state index contributed by atoms with van der Waals surface area (Å²) in [6.45, 7) is 6.90. The van der Waals surface area contributed by atoms with Crippen molar-refractivity contribution in [3.63, 3.8) is 0 Å². The van der Waals surface area contributed by atoms with Gasteiger partial charge in [0.05, 0.1) is 18.8 Å². The van der Waals surface area contributed by atoms with Gasteiger partial charge in [0.1, 0.15) is 0 Å². The summed E-state index contributed by atoms with van der Waals surface area (Å²) >= 11 is 0.